The molecule has 0 unspecified atom stereocenters. The molecule has 36 heavy (non-hydrogen) atoms. The third kappa shape index (κ3) is 4.12. The molecular formula is C30H22N4O2. The number of hydrogen-bond donors (Lipinski definition) is 3. The monoisotopic (exact) mass is 470 g/mol. The second-order valence-corrected chi connectivity index (χ2v) is 8.50. The van der Waals surface area contributed by atoms with E-state index in [0.29, 0.717) is 16.9 Å². The van der Waals surface area contributed by atoms with Crippen LogP contribution >= 0.6 is 0 Å². The summed E-state index contributed by atoms with van der Waals surface area (Å²) in [7, 11) is 0. The molecule has 2 aromatic heterocycles. The van der Waals surface area contributed by atoms with Crippen LogP contribution in [0.2, 0.25) is 0 Å². The zero-order chi connectivity index (χ0) is 24.5. The van der Waals surface area contributed by atoms with Crippen molar-refractivity contribution in [1.82, 2.24) is 4.98 Å². The molecule has 0 radical (unpaired) electrons. The number of pyridine rings is 1. The third-order valence-corrected chi connectivity index (χ3v) is 6.00. The lowest BCUT2D eigenvalue weighted by molar-refractivity contribution is 0.102. The van der Waals surface area contributed by atoms with E-state index in [0.717, 1.165) is 44.6 Å². The summed E-state index contributed by atoms with van der Waals surface area (Å²) < 4.78 is 6.18. The highest BCUT2D eigenvalue weighted by molar-refractivity contribution is 6.09. The number of amides is 1. The van der Waals surface area contributed by atoms with Gasteiger partial charge in [0.2, 0.25) is 0 Å². The summed E-state index contributed by atoms with van der Waals surface area (Å²) in [5.74, 6) is -0.218. The molecule has 6 aromatic rings. The van der Waals surface area contributed by atoms with Crippen molar-refractivity contribution in [2.75, 3.05) is 16.4 Å². The predicted molar refractivity (Wildman–Crippen MR) is 145 cm³/mol. The van der Waals surface area contributed by atoms with E-state index in [1.807, 2.05) is 66.7 Å². The van der Waals surface area contributed by atoms with Crippen molar-refractivity contribution in [2.45, 2.75) is 0 Å². The van der Waals surface area contributed by atoms with Crippen molar-refractivity contribution < 1.29 is 9.21 Å². The highest BCUT2D eigenvalue weighted by atomic mass is 16.3. The topological polar surface area (TPSA) is 93.2 Å². The maximum Gasteiger partial charge on any atom is 0.255 e. The van der Waals surface area contributed by atoms with Crippen LogP contribution in [0.15, 0.2) is 114 Å². The molecule has 0 fully saturated rings. The molecule has 174 valence electrons. The summed E-state index contributed by atoms with van der Waals surface area (Å²) in [6.45, 7) is 0. The van der Waals surface area contributed by atoms with Crippen LogP contribution in [0.3, 0.4) is 0 Å². The Morgan fingerprint density at radius 1 is 0.750 bits per heavy atom. The summed E-state index contributed by atoms with van der Waals surface area (Å²) in [6.07, 6.45) is 1.77. The van der Waals surface area contributed by atoms with Crippen molar-refractivity contribution in [1.29, 1.82) is 0 Å². The smallest absolute Gasteiger partial charge is 0.255 e. The van der Waals surface area contributed by atoms with E-state index in [1.54, 1.807) is 30.5 Å². The second-order valence-electron chi connectivity index (χ2n) is 8.50. The Kier molecular flexibility index (Phi) is 5.31. The van der Waals surface area contributed by atoms with Gasteiger partial charge in [0.05, 0.1) is 5.69 Å². The van der Waals surface area contributed by atoms with E-state index in [9.17, 15) is 4.79 Å². The van der Waals surface area contributed by atoms with Crippen molar-refractivity contribution in [2.24, 2.45) is 0 Å². The molecule has 6 nitrogen and oxygen atoms in total. The Morgan fingerprint density at radius 3 is 2.44 bits per heavy atom. The first-order chi connectivity index (χ1) is 17.6. The minimum absolute atomic E-state index is 0.218. The zero-order valence-corrected chi connectivity index (χ0v) is 19.2. The number of nitrogen functional groups attached to an aromatic ring is 1. The summed E-state index contributed by atoms with van der Waals surface area (Å²) in [6, 6.07) is 32.5. The standard InChI is InChI=1S/C30H22N4O2/c31-20-7-3-6-19(16-20)30(35)34-22-9-4-8-21(17-22)33-23-14-15-32-27(18-23)26-12-5-11-25-24-10-1-2-13-28(24)36-29(25)26/h1-18H,31H2,(H,32,33)(H,34,35). The number of para-hydroxylation sites is 2. The van der Waals surface area contributed by atoms with Crippen LogP contribution in [0, 0.1) is 0 Å². The van der Waals surface area contributed by atoms with Crippen LogP contribution in [0.5, 0.6) is 0 Å². The summed E-state index contributed by atoms with van der Waals surface area (Å²) >= 11 is 0. The van der Waals surface area contributed by atoms with E-state index in [2.05, 4.69) is 27.8 Å². The number of benzene rings is 4. The molecule has 0 bridgehead atoms. The third-order valence-electron chi connectivity index (χ3n) is 6.00. The first kappa shape index (κ1) is 21.4. The molecule has 0 aliphatic heterocycles. The van der Waals surface area contributed by atoms with Gasteiger partial charge in [0.1, 0.15) is 11.2 Å². The van der Waals surface area contributed by atoms with Gasteiger partial charge >= 0.3 is 0 Å². The fourth-order valence-electron chi connectivity index (χ4n) is 4.33. The van der Waals surface area contributed by atoms with E-state index < -0.39 is 0 Å². The number of hydrogen-bond acceptors (Lipinski definition) is 5. The average molecular weight is 471 g/mol. The molecular weight excluding hydrogens is 448 g/mol. The Labute approximate surface area is 207 Å². The molecule has 6 rings (SSSR count). The zero-order valence-electron chi connectivity index (χ0n) is 19.2. The number of nitrogens with one attached hydrogen (secondary N) is 2. The summed E-state index contributed by atoms with van der Waals surface area (Å²) in [5, 5.41) is 8.48. The van der Waals surface area contributed by atoms with Gasteiger partial charge in [-0.2, -0.15) is 0 Å². The molecule has 4 N–H and O–H groups in total. The largest absolute Gasteiger partial charge is 0.455 e. The number of nitrogens with two attached hydrogens (primary N) is 1. The van der Waals surface area contributed by atoms with Crippen LogP contribution in [-0.2, 0) is 0 Å². The molecule has 6 heteroatoms. The van der Waals surface area contributed by atoms with Crippen LogP contribution in [-0.4, -0.2) is 10.9 Å². The Bertz CT molecular complexity index is 1740. The molecule has 0 atom stereocenters. The van der Waals surface area contributed by atoms with Gasteiger partial charge in [-0.05, 0) is 60.7 Å². The maximum absolute atomic E-state index is 12.6. The number of anilines is 4. The fraction of sp³-hybridized carbons (Fsp3) is 0. The number of aromatic nitrogens is 1. The fourth-order valence-corrected chi connectivity index (χ4v) is 4.33. The maximum atomic E-state index is 12.6. The van der Waals surface area contributed by atoms with Gasteiger partial charge in [0.25, 0.3) is 5.91 Å². The van der Waals surface area contributed by atoms with E-state index in [4.69, 9.17) is 10.2 Å². The molecule has 0 saturated heterocycles. The molecule has 0 aliphatic carbocycles. The molecule has 2 heterocycles. The predicted octanol–water partition coefficient (Wildman–Crippen LogP) is 7.23. The number of nitrogens with zero attached hydrogens (tertiary/aromatic N) is 1. The van der Waals surface area contributed by atoms with Crippen LogP contribution in [0.1, 0.15) is 10.4 Å². The Morgan fingerprint density at radius 2 is 1.53 bits per heavy atom. The Balaban J connectivity index is 1.27. The molecule has 0 aliphatic rings. The SMILES string of the molecule is Nc1cccc(C(=O)Nc2cccc(Nc3ccnc(-c4cccc5c4oc4ccccc45)c3)c2)c1. The van der Waals surface area contributed by atoms with Crippen LogP contribution in [0.25, 0.3) is 33.2 Å². The van der Waals surface area contributed by atoms with Crippen LogP contribution in [0.4, 0.5) is 22.7 Å². The minimum Gasteiger partial charge on any atom is -0.455 e. The first-order valence-electron chi connectivity index (χ1n) is 11.5. The lowest BCUT2D eigenvalue weighted by atomic mass is 10.1. The van der Waals surface area contributed by atoms with Gasteiger partial charge in [-0.15, -0.1) is 0 Å². The summed E-state index contributed by atoms with van der Waals surface area (Å²) in [4.78, 5) is 17.2. The van der Waals surface area contributed by atoms with Crippen molar-refractivity contribution >= 4 is 50.6 Å². The van der Waals surface area contributed by atoms with Gasteiger partial charge in [-0.3, -0.25) is 9.78 Å². The lowest BCUT2D eigenvalue weighted by Crippen LogP contribution is -2.12. The number of rotatable bonds is 5. The van der Waals surface area contributed by atoms with Gasteiger partial charge in [0, 0.05) is 50.8 Å². The number of carbonyl (C=O) groups is 1. The van der Waals surface area contributed by atoms with E-state index in [1.165, 1.54) is 0 Å². The molecule has 0 saturated carbocycles. The van der Waals surface area contributed by atoms with Crippen molar-refractivity contribution in [3.63, 3.8) is 0 Å². The normalized spacial score (nSPS) is 11.0. The van der Waals surface area contributed by atoms with E-state index in [-0.39, 0.29) is 5.91 Å². The van der Waals surface area contributed by atoms with Crippen LogP contribution < -0.4 is 16.4 Å². The van der Waals surface area contributed by atoms with Crippen molar-refractivity contribution in [3.05, 3.63) is 115 Å². The van der Waals surface area contributed by atoms with Gasteiger partial charge in [0.15, 0.2) is 0 Å². The number of fused-ring (bicyclic) bond motifs is 3. The highest BCUT2D eigenvalue weighted by Crippen LogP contribution is 2.35. The second kappa shape index (κ2) is 8.92. The first-order valence-corrected chi connectivity index (χ1v) is 11.5. The quantitative estimate of drug-likeness (QED) is 0.231. The summed E-state index contributed by atoms with van der Waals surface area (Å²) in [5.41, 5.74) is 12.6. The highest BCUT2D eigenvalue weighted by Gasteiger charge is 2.13. The number of carbonyl (C=O) groups excluding carboxylic acids is 1. The van der Waals surface area contributed by atoms with Gasteiger partial charge in [-0.25, -0.2) is 0 Å². The molecule has 1 amide bonds. The average Bonchev–Trinajstić information content (AvgIpc) is 3.28. The lowest BCUT2D eigenvalue weighted by Gasteiger charge is -2.11. The van der Waals surface area contributed by atoms with Gasteiger partial charge < -0.3 is 20.8 Å². The van der Waals surface area contributed by atoms with Gasteiger partial charge in [-0.1, -0.05) is 42.5 Å². The Hall–Kier alpha value is -5.10. The van der Waals surface area contributed by atoms with E-state index >= 15 is 0 Å². The minimum atomic E-state index is -0.218. The molecule has 4 aromatic carbocycles. The van der Waals surface area contributed by atoms with Crippen molar-refractivity contribution in [3.8, 4) is 11.3 Å². The number of furan rings is 1. The molecule has 0 spiro atoms.